The van der Waals surface area contributed by atoms with E-state index in [-0.39, 0.29) is 28.1 Å². The zero-order valence-corrected chi connectivity index (χ0v) is 26.2. The second-order valence-corrected chi connectivity index (χ2v) is 23.7. The monoisotopic (exact) mass is 575 g/mol. The Bertz CT molecular complexity index is 1190. The molecule has 2 aliphatic heterocycles. The summed E-state index contributed by atoms with van der Waals surface area (Å²) < 4.78 is 52.2. The summed E-state index contributed by atoms with van der Waals surface area (Å²) in [5, 5.41) is 8.41. The number of nitrogens with zero attached hydrogens (tertiary/aromatic N) is 3. The van der Waals surface area contributed by atoms with E-state index in [2.05, 4.69) is 64.9 Å². The van der Waals surface area contributed by atoms with Crippen LogP contribution < -0.4 is 11.5 Å². The van der Waals surface area contributed by atoms with Crippen LogP contribution in [0.3, 0.4) is 0 Å². The highest BCUT2D eigenvalue weighted by atomic mass is 32.2. The van der Waals surface area contributed by atoms with Crippen LogP contribution in [-0.2, 0) is 27.9 Å². The number of aromatic nitrogens is 3. The predicted octanol–water partition coefficient (Wildman–Crippen LogP) is 2.59. The first kappa shape index (κ1) is 29.9. The Hall–Kier alpha value is -1.63. The van der Waals surface area contributed by atoms with Gasteiger partial charge in [-0.15, -0.1) is 5.10 Å². The van der Waals surface area contributed by atoms with E-state index in [1.54, 1.807) is 0 Å². The summed E-state index contributed by atoms with van der Waals surface area (Å²) in [4.78, 5) is 11.7. The molecule has 4 atom stereocenters. The SMILES string of the molecule is CC(C)(C)[Si](C)(C)OC[C@H]1O[C@@H](n2cc(C(N)=O)nn2)[C@H](O[Si](C)(C)C(C)(C)C)C12OS(=O)(=O)C=C2N. The van der Waals surface area contributed by atoms with Gasteiger partial charge in [-0.2, -0.15) is 8.42 Å². The predicted molar refractivity (Wildman–Crippen MR) is 143 cm³/mol. The summed E-state index contributed by atoms with van der Waals surface area (Å²) in [6.07, 6.45) is -1.69. The number of amides is 1. The van der Waals surface area contributed by atoms with Gasteiger partial charge in [0.1, 0.15) is 12.2 Å². The average Bonchev–Trinajstić information content (AvgIpc) is 3.35. The molecule has 3 rings (SSSR count). The van der Waals surface area contributed by atoms with Gasteiger partial charge in [-0.05, 0) is 36.3 Å². The van der Waals surface area contributed by atoms with Gasteiger partial charge in [0.15, 0.2) is 34.2 Å². The van der Waals surface area contributed by atoms with Gasteiger partial charge in [0.05, 0.1) is 23.9 Å². The van der Waals surface area contributed by atoms with Crippen molar-refractivity contribution < 1.29 is 31.0 Å². The van der Waals surface area contributed by atoms with Gasteiger partial charge in [-0.25, -0.2) is 8.86 Å². The highest BCUT2D eigenvalue weighted by Gasteiger charge is 2.67. The molecule has 0 aliphatic carbocycles. The van der Waals surface area contributed by atoms with Crippen LogP contribution in [0.1, 0.15) is 58.3 Å². The lowest BCUT2D eigenvalue weighted by Gasteiger charge is -2.43. The molecule has 1 unspecified atom stereocenters. The smallest absolute Gasteiger partial charge is 0.292 e. The quantitative estimate of drug-likeness (QED) is 0.364. The number of carbonyl (C=O) groups is 1. The maximum Gasteiger partial charge on any atom is 0.292 e. The number of primary amides is 1. The number of hydrogen-bond acceptors (Lipinski definition) is 10. The summed E-state index contributed by atoms with van der Waals surface area (Å²) in [6.45, 7) is 20.7. The van der Waals surface area contributed by atoms with Gasteiger partial charge in [-0.3, -0.25) is 4.79 Å². The third kappa shape index (κ3) is 5.44. The molecule has 210 valence electrons. The Kier molecular flexibility index (Phi) is 7.47. The van der Waals surface area contributed by atoms with Crippen LogP contribution >= 0.6 is 0 Å². The second kappa shape index (κ2) is 9.24. The van der Waals surface area contributed by atoms with Crippen LogP contribution in [0.15, 0.2) is 17.3 Å². The largest absolute Gasteiger partial charge is 0.414 e. The van der Waals surface area contributed by atoms with Crippen molar-refractivity contribution in [2.75, 3.05) is 6.61 Å². The summed E-state index contributed by atoms with van der Waals surface area (Å²) in [5.74, 6) is -0.766. The number of ether oxygens (including phenoxy) is 1. The molecule has 0 aromatic carbocycles. The Labute approximate surface area is 221 Å². The topological polar surface area (TPSA) is 171 Å². The van der Waals surface area contributed by atoms with E-state index in [4.69, 9.17) is 29.2 Å². The Morgan fingerprint density at radius 1 is 1.14 bits per heavy atom. The van der Waals surface area contributed by atoms with Gasteiger partial charge >= 0.3 is 0 Å². The molecule has 0 saturated carbocycles. The van der Waals surface area contributed by atoms with Gasteiger partial charge < -0.3 is 25.1 Å². The van der Waals surface area contributed by atoms with Crippen LogP contribution in [0.5, 0.6) is 0 Å². The first-order chi connectivity index (χ1) is 16.5. The van der Waals surface area contributed by atoms with E-state index < -0.39 is 56.7 Å². The fourth-order valence-corrected chi connectivity index (χ4v) is 7.22. The summed E-state index contributed by atoms with van der Waals surface area (Å²) in [5.41, 5.74) is 9.99. The molecule has 1 amide bonds. The Morgan fingerprint density at radius 2 is 1.70 bits per heavy atom. The first-order valence-corrected chi connectivity index (χ1v) is 19.4. The van der Waals surface area contributed by atoms with Gasteiger partial charge in [0.2, 0.25) is 0 Å². The first-order valence-electron chi connectivity index (χ1n) is 12.2. The van der Waals surface area contributed by atoms with Crippen LogP contribution in [0.25, 0.3) is 0 Å². The molecule has 1 aromatic heterocycles. The zero-order valence-electron chi connectivity index (χ0n) is 23.4. The highest BCUT2D eigenvalue weighted by molar-refractivity contribution is 7.90. The molecule has 3 heterocycles. The van der Waals surface area contributed by atoms with Crippen molar-refractivity contribution in [3.63, 3.8) is 0 Å². The third-order valence-electron chi connectivity index (χ3n) is 8.09. The number of rotatable bonds is 7. The van der Waals surface area contributed by atoms with E-state index in [0.29, 0.717) is 0 Å². The van der Waals surface area contributed by atoms with Crippen LogP contribution in [0.4, 0.5) is 0 Å². The molecule has 4 N–H and O–H groups in total. The second-order valence-electron chi connectivity index (χ2n) is 12.8. The Balaban J connectivity index is 2.16. The lowest BCUT2D eigenvalue weighted by atomic mass is 9.89. The molecule has 12 nitrogen and oxygen atoms in total. The number of carbonyl (C=O) groups excluding carboxylic acids is 1. The molecule has 2 aliphatic rings. The van der Waals surface area contributed by atoms with E-state index in [0.717, 1.165) is 5.41 Å². The lowest BCUT2D eigenvalue weighted by Crippen LogP contribution is -2.59. The normalized spacial score (nSPS) is 28.6. The Morgan fingerprint density at radius 3 is 2.14 bits per heavy atom. The lowest BCUT2D eigenvalue weighted by molar-refractivity contribution is -0.0595. The molecule has 37 heavy (non-hydrogen) atoms. The molecular weight excluding hydrogens is 535 g/mol. The summed E-state index contributed by atoms with van der Waals surface area (Å²) in [6, 6.07) is 0. The molecule has 15 heteroatoms. The maximum absolute atomic E-state index is 12.7. The van der Waals surface area contributed by atoms with Gasteiger partial charge in [0, 0.05) is 0 Å². The van der Waals surface area contributed by atoms with Crippen molar-refractivity contribution in [2.24, 2.45) is 11.5 Å². The maximum atomic E-state index is 12.7. The molecule has 1 spiro atoms. The fourth-order valence-electron chi connectivity index (χ4n) is 3.72. The van der Waals surface area contributed by atoms with Crippen molar-refractivity contribution in [1.29, 1.82) is 0 Å². The van der Waals surface area contributed by atoms with Crippen molar-refractivity contribution >= 4 is 32.7 Å². The number of nitrogens with two attached hydrogens (primary N) is 2. The van der Waals surface area contributed by atoms with Crippen molar-refractivity contribution in [3.8, 4) is 0 Å². The minimum atomic E-state index is -4.14. The molecule has 0 radical (unpaired) electrons. The van der Waals surface area contributed by atoms with Crippen molar-refractivity contribution in [1.82, 2.24) is 15.0 Å². The molecular formula is C22H41N5O7SSi2. The van der Waals surface area contributed by atoms with Crippen molar-refractivity contribution in [3.05, 3.63) is 23.0 Å². The fraction of sp³-hybridized carbons (Fsp3) is 0.773. The standard InChI is InChI=1S/C22H41N5O7SSi2/c1-20(2,3)36(7,8)31-12-16-22(15(23)13-35(29,30)34-22)17(33-37(9,10)21(4,5)6)19(32-16)27-11-14(18(24)28)25-26-27/h11,13,16-17,19H,12,23H2,1-10H3,(H2,24,28)/t16-,17+,19-,22?/m1/s1. The third-order valence-corrected chi connectivity index (χ3v) is 18.1. The van der Waals surface area contributed by atoms with Crippen LogP contribution in [0.2, 0.25) is 36.3 Å². The minimum Gasteiger partial charge on any atom is -0.414 e. The van der Waals surface area contributed by atoms with Crippen molar-refractivity contribution in [2.45, 2.75) is 102 Å². The minimum absolute atomic E-state index is 0.00574. The zero-order chi connectivity index (χ0) is 28.4. The molecule has 0 bridgehead atoms. The van der Waals surface area contributed by atoms with E-state index in [9.17, 15) is 13.2 Å². The molecule has 1 aromatic rings. The van der Waals surface area contributed by atoms with E-state index >= 15 is 0 Å². The number of hydrogen-bond donors (Lipinski definition) is 2. The van der Waals surface area contributed by atoms with E-state index in [1.165, 1.54) is 10.9 Å². The molecule has 1 fully saturated rings. The summed E-state index contributed by atoms with van der Waals surface area (Å²) >= 11 is 0. The summed E-state index contributed by atoms with van der Waals surface area (Å²) in [7, 11) is -8.99. The highest BCUT2D eigenvalue weighted by Crippen LogP contribution is 2.52. The van der Waals surface area contributed by atoms with Gasteiger partial charge in [-0.1, -0.05) is 46.8 Å². The molecule has 1 saturated heterocycles. The average molecular weight is 576 g/mol. The van der Waals surface area contributed by atoms with Crippen LogP contribution in [0, 0.1) is 0 Å². The van der Waals surface area contributed by atoms with Gasteiger partial charge in [0.25, 0.3) is 16.0 Å². The van der Waals surface area contributed by atoms with E-state index in [1.807, 2.05) is 13.1 Å². The van der Waals surface area contributed by atoms with Crippen LogP contribution in [-0.4, -0.2) is 70.4 Å².